The first-order chi connectivity index (χ1) is 6.45. The first-order valence-corrected chi connectivity index (χ1v) is 4.98. The molecule has 0 saturated heterocycles. The molecule has 5 nitrogen and oxygen atoms in total. The third-order valence-corrected chi connectivity index (χ3v) is 1.80. The molecule has 0 aromatic carbocycles. The summed E-state index contributed by atoms with van der Waals surface area (Å²) < 4.78 is 4.78. The number of ether oxygens (including phenoxy) is 1. The molecule has 6 N–H and O–H groups in total. The van der Waals surface area contributed by atoms with Crippen LogP contribution in [0.4, 0.5) is 0 Å². The van der Waals surface area contributed by atoms with Gasteiger partial charge in [-0.15, -0.1) is 0 Å². The van der Waals surface area contributed by atoms with Crippen LogP contribution in [0.15, 0.2) is 0 Å². The van der Waals surface area contributed by atoms with Crippen molar-refractivity contribution >= 4 is 43.7 Å². The van der Waals surface area contributed by atoms with Gasteiger partial charge in [-0.1, -0.05) is 6.42 Å². The molecule has 0 bridgehead atoms. The molecule has 0 rings (SSSR count). The van der Waals surface area contributed by atoms with E-state index < -0.39 is 5.79 Å². The van der Waals surface area contributed by atoms with Crippen LogP contribution in [-0.4, -0.2) is 56.1 Å². The molecule has 0 atom stereocenters. The minimum atomic E-state index is -1.08. The van der Waals surface area contributed by atoms with E-state index in [0.29, 0.717) is 19.4 Å². The molecule has 0 aliphatic heterocycles. The van der Waals surface area contributed by atoms with Gasteiger partial charge >= 0.3 is 43.7 Å². The summed E-state index contributed by atoms with van der Waals surface area (Å²) in [4.78, 5) is 10.9. The Balaban J connectivity index is -0.000000282. The molecular weight excluding hydrogens is 222 g/mol. The van der Waals surface area contributed by atoms with Crippen molar-refractivity contribution in [1.82, 2.24) is 0 Å². The fourth-order valence-corrected chi connectivity index (χ4v) is 1.11. The predicted octanol–water partition coefficient (Wildman–Crippen LogP) is -0.126. The summed E-state index contributed by atoms with van der Waals surface area (Å²) in [6.07, 6.45) is 3.56. The van der Waals surface area contributed by atoms with Gasteiger partial charge in [-0.05, 0) is 26.2 Å². The Morgan fingerprint density at radius 2 is 1.87 bits per heavy atom. The van der Waals surface area contributed by atoms with E-state index in [1.165, 1.54) is 0 Å². The van der Waals surface area contributed by atoms with Crippen molar-refractivity contribution in [3.63, 3.8) is 0 Å². The van der Waals surface area contributed by atoms with Crippen LogP contribution in [0.1, 0.15) is 41.9 Å². The topological polar surface area (TPSA) is 104 Å². The number of hydrogen-bond acceptors (Lipinski definition) is 5. The van der Waals surface area contributed by atoms with Gasteiger partial charge in [-0.2, -0.15) is 0 Å². The molecule has 0 fully saturated rings. The van der Waals surface area contributed by atoms with Gasteiger partial charge < -0.3 is 24.8 Å². The van der Waals surface area contributed by atoms with Crippen LogP contribution < -0.4 is 17.2 Å². The van der Waals surface area contributed by atoms with E-state index >= 15 is 0 Å². The Morgan fingerprint density at radius 1 is 1.27 bits per heavy atom. The van der Waals surface area contributed by atoms with Gasteiger partial charge in [0.2, 0.25) is 0 Å². The maximum Gasteiger partial charge on any atom is 2.00 e. The summed E-state index contributed by atoms with van der Waals surface area (Å²) in [6, 6.07) is 0. The fraction of sp³-hybridized carbons (Fsp3) is 0.889. The van der Waals surface area contributed by atoms with E-state index in [0.717, 1.165) is 19.3 Å². The molecule has 0 aromatic rings. The van der Waals surface area contributed by atoms with Crippen LogP contribution in [-0.2, 0) is 9.53 Å². The summed E-state index contributed by atoms with van der Waals surface area (Å²) in [6.45, 7) is 2.24. The van der Waals surface area contributed by atoms with Gasteiger partial charge in [-0.3, -0.25) is 4.79 Å². The number of rotatable bonds is 7. The smallest absolute Gasteiger partial charge is 1.00 e. The normalized spacial score (nSPS) is 10.7. The number of carbonyl (C=O) groups excluding carboxylic acids is 1. The number of esters is 1. The zero-order valence-electron chi connectivity index (χ0n) is 11.5. The molecule has 15 heavy (non-hydrogen) atoms. The second-order valence-corrected chi connectivity index (χ2v) is 3.48. The number of unbranched alkanes of at least 4 members (excludes halogenated alkanes) is 2. The summed E-state index contributed by atoms with van der Waals surface area (Å²) in [5.74, 6) is -1.23. The van der Waals surface area contributed by atoms with Gasteiger partial charge in [0.1, 0.15) is 5.79 Å². The fourth-order valence-electron chi connectivity index (χ4n) is 1.11. The van der Waals surface area contributed by atoms with Crippen LogP contribution in [0, 0.1) is 0 Å². The van der Waals surface area contributed by atoms with Gasteiger partial charge in [0.25, 0.3) is 0 Å². The molecule has 0 unspecified atom stereocenters. The van der Waals surface area contributed by atoms with Crippen molar-refractivity contribution < 1.29 is 12.4 Å². The van der Waals surface area contributed by atoms with Crippen LogP contribution in [0.25, 0.3) is 0 Å². The van der Waals surface area contributed by atoms with Gasteiger partial charge in [0.15, 0.2) is 0 Å². The van der Waals surface area contributed by atoms with E-state index in [9.17, 15) is 4.79 Å². The summed E-state index contributed by atoms with van der Waals surface area (Å²) >= 11 is 0. The van der Waals surface area contributed by atoms with Crippen molar-refractivity contribution in [1.29, 1.82) is 0 Å². The second-order valence-electron chi connectivity index (χ2n) is 3.48. The predicted molar refractivity (Wildman–Crippen MR) is 63.0 cm³/mol. The Hall–Kier alpha value is 0.610. The first kappa shape index (κ1) is 18.0. The summed E-state index contributed by atoms with van der Waals surface area (Å²) in [5, 5.41) is 0. The maximum absolute atomic E-state index is 10.9. The molecule has 0 amide bonds. The standard InChI is InChI=1S/C9H21N3O2.Ca.2H/c1-2-14-8(13)6-4-3-5-7-9(10,11)12;;;/h2-7,10-12H2,1H3;;;/q;+2;2*-1. The SMILES string of the molecule is CCOC(=O)CCCCCC(N)(N)N.[Ca+2].[H-].[H-]. The minimum absolute atomic E-state index is 0. The van der Waals surface area contributed by atoms with E-state index in [1.807, 2.05) is 0 Å². The molecule has 6 heteroatoms. The monoisotopic (exact) mass is 245 g/mol. The van der Waals surface area contributed by atoms with Crippen molar-refractivity contribution in [3.8, 4) is 0 Å². The van der Waals surface area contributed by atoms with Crippen molar-refractivity contribution in [2.45, 2.75) is 44.8 Å². The van der Waals surface area contributed by atoms with E-state index in [4.69, 9.17) is 21.9 Å². The zero-order chi connectivity index (χ0) is 11.0. The van der Waals surface area contributed by atoms with Crippen molar-refractivity contribution in [2.24, 2.45) is 17.2 Å². The molecule has 0 saturated carbocycles. The number of hydrogen-bond donors (Lipinski definition) is 3. The van der Waals surface area contributed by atoms with Gasteiger partial charge in [-0.25, -0.2) is 0 Å². The zero-order valence-corrected chi connectivity index (χ0v) is 11.7. The number of nitrogens with two attached hydrogens (primary N) is 3. The molecule has 0 aliphatic rings. The third-order valence-electron chi connectivity index (χ3n) is 1.80. The second kappa shape index (κ2) is 9.81. The van der Waals surface area contributed by atoms with E-state index in [-0.39, 0.29) is 46.6 Å². The average Bonchev–Trinajstić information content (AvgIpc) is 2.02. The van der Waals surface area contributed by atoms with E-state index in [2.05, 4.69) is 0 Å². The average molecular weight is 245 g/mol. The van der Waals surface area contributed by atoms with Crippen LogP contribution in [0.3, 0.4) is 0 Å². The Labute approximate surface area is 124 Å². The molecule has 0 spiro atoms. The molecular formula is C9H23CaN3O2. The van der Waals surface area contributed by atoms with Crippen LogP contribution in [0.2, 0.25) is 0 Å². The third kappa shape index (κ3) is 14.6. The first-order valence-electron chi connectivity index (χ1n) is 4.98. The van der Waals surface area contributed by atoms with Crippen molar-refractivity contribution in [3.05, 3.63) is 0 Å². The summed E-state index contributed by atoms with van der Waals surface area (Å²) in [7, 11) is 0. The molecule has 0 aromatic heterocycles. The molecule has 0 heterocycles. The van der Waals surface area contributed by atoms with Crippen molar-refractivity contribution in [2.75, 3.05) is 6.61 Å². The van der Waals surface area contributed by atoms with Gasteiger partial charge in [0, 0.05) is 6.42 Å². The Morgan fingerprint density at radius 3 is 2.33 bits per heavy atom. The Bertz CT molecular complexity index is 180. The Kier molecular flexibility index (Phi) is 11.8. The number of carbonyl (C=O) groups is 1. The maximum atomic E-state index is 10.9. The van der Waals surface area contributed by atoms with E-state index in [1.54, 1.807) is 6.92 Å². The van der Waals surface area contributed by atoms with Crippen LogP contribution >= 0.6 is 0 Å². The molecule has 0 aliphatic carbocycles. The summed E-state index contributed by atoms with van der Waals surface area (Å²) in [5.41, 5.74) is 16.2. The molecule has 88 valence electrons. The largest absolute Gasteiger partial charge is 2.00 e. The van der Waals surface area contributed by atoms with Gasteiger partial charge in [0.05, 0.1) is 6.61 Å². The quantitative estimate of drug-likeness (QED) is 0.251. The molecule has 0 radical (unpaired) electrons. The van der Waals surface area contributed by atoms with Crippen LogP contribution in [0.5, 0.6) is 0 Å². The minimum Gasteiger partial charge on any atom is -1.00 e.